The third-order valence-electron chi connectivity index (χ3n) is 1.88. The Morgan fingerprint density at radius 3 is 2.88 bits per heavy atom. The van der Waals surface area contributed by atoms with E-state index in [1.165, 1.54) is 0 Å². The van der Waals surface area contributed by atoms with Crippen LogP contribution in [0.4, 0.5) is 0 Å². The molecule has 1 heterocycles. The number of pyridine rings is 1. The molecule has 0 spiro atoms. The summed E-state index contributed by atoms with van der Waals surface area (Å²) in [6.45, 7) is 2.12. The van der Waals surface area contributed by atoms with Crippen LogP contribution in [-0.4, -0.2) is 17.6 Å². The molecule has 1 rings (SSSR count). The standard InChI is InChI=1S/C10H12Br2N2O2/c1-2-16-9(15)4-8(13)10-7(12)3-6(11)5-14-10/h3,5,8H,2,4,13H2,1H3/t8-/m1/s1. The average molecular weight is 352 g/mol. The van der Waals surface area contributed by atoms with Crippen LogP contribution in [0.5, 0.6) is 0 Å². The zero-order valence-corrected chi connectivity index (χ0v) is 11.9. The van der Waals surface area contributed by atoms with Gasteiger partial charge in [0.05, 0.1) is 24.8 Å². The molecule has 0 unspecified atom stereocenters. The van der Waals surface area contributed by atoms with E-state index in [0.717, 1.165) is 8.95 Å². The first-order chi connectivity index (χ1) is 7.54. The van der Waals surface area contributed by atoms with Gasteiger partial charge >= 0.3 is 5.97 Å². The summed E-state index contributed by atoms with van der Waals surface area (Å²) in [6.07, 6.45) is 1.77. The van der Waals surface area contributed by atoms with E-state index in [1.54, 1.807) is 13.1 Å². The first kappa shape index (κ1) is 13.6. The molecular weight excluding hydrogens is 340 g/mol. The summed E-state index contributed by atoms with van der Waals surface area (Å²) >= 11 is 6.65. The average Bonchev–Trinajstić information content (AvgIpc) is 2.17. The quantitative estimate of drug-likeness (QED) is 0.846. The number of rotatable bonds is 4. The van der Waals surface area contributed by atoms with Gasteiger partial charge in [0.2, 0.25) is 0 Å². The minimum atomic E-state index is -0.457. The minimum Gasteiger partial charge on any atom is -0.466 e. The van der Waals surface area contributed by atoms with E-state index >= 15 is 0 Å². The van der Waals surface area contributed by atoms with Crippen molar-refractivity contribution in [1.82, 2.24) is 4.98 Å². The molecule has 4 nitrogen and oxygen atoms in total. The molecule has 2 N–H and O–H groups in total. The summed E-state index contributed by atoms with van der Waals surface area (Å²) in [7, 11) is 0. The number of esters is 1. The molecule has 6 heteroatoms. The van der Waals surface area contributed by atoms with Crippen LogP contribution in [0, 0.1) is 0 Å². The molecule has 0 radical (unpaired) electrons. The van der Waals surface area contributed by atoms with E-state index in [1.807, 2.05) is 6.07 Å². The summed E-state index contributed by atoms with van der Waals surface area (Å²) < 4.78 is 6.46. The largest absolute Gasteiger partial charge is 0.466 e. The number of hydrogen-bond acceptors (Lipinski definition) is 4. The normalized spacial score (nSPS) is 12.2. The number of carbonyl (C=O) groups excluding carboxylic acids is 1. The van der Waals surface area contributed by atoms with Crippen molar-refractivity contribution in [2.45, 2.75) is 19.4 Å². The van der Waals surface area contributed by atoms with E-state index in [-0.39, 0.29) is 12.4 Å². The predicted molar refractivity (Wildman–Crippen MR) is 67.8 cm³/mol. The molecular formula is C10H12Br2N2O2. The third-order valence-corrected chi connectivity index (χ3v) is 2.95. The van der Waals surface area contributed by atoms with E-state index in [0.29, 0.717) is 12.3 Å². The zero-order chi connectivity index (χ0) is 12.1. The maximum absolute atomic E-state index is 11.3. The van der Waals surface area contributed by atoms with Gasteiger partial charge in [-0.1, -0.05) is 0 Å². The van der Waals surface area contributed by atoms with Crippen LogP contribution >= 0.6 is 31.9 Å². The van der Waals surface area contributed by atoms with Crippen LogP contribution in [0.15, 0.2) is 21.2 Å². The maximum Gasteiger partial charge on any atom is 0.307 e. The lowest BCUT2D eigenvalue weighted by molar-refractivity contribution is -0.143. The Hall–Kier alpha value is -0.460. The Balaban J connectivity index is 2.72. The molecule has 0 saturated carbocycles. The molecule has 0 aliphatic carbocycles. The van der Waals surface area contributed by atoms with E-state index in [9.17, 15) is 4.79 Å². The van der Waals surface area contributed by atoms with Gasteiger partial charge in [-0.2, -0.15) is 0 Å². The fraction of sp³-hybridized carbons (Fsp3) is 0.400. The number of aromatic nitrogens is 1. The van der Waals surface area contributed by atoms with Gasteiger partial charge in [0.25, 0.3) is 0 Å². The zero-order valence-electron chi connectivity index (χ0n) is 8.74. The highest BCUT2D eigenvalue weighted by Crippen LogP contribution is 2.25. The van der Waals surface area contributed by atoms with Crippen molar-refractivity contribution in [3.05, 3.63) is 26.9 Å². The molecule has 1 atom stereocenters. The SMILES string of the molecule is CCOC(=O)C[C@@H](N)c1ncc(Br)cc1Br. The Labute approximate surface area is 111 Å². The van der Waals surface area contributed by atoms with Crippen LogP contribution < -0.4 is 5.73 Å². The molecule has 88 valence electrons. The van der Waals surface area contributed by atoms with Crippen LogP contribution in [0.1, 0.15) is 25.1 Å². The molecule has 1 aromatic heterocycles. The number of nitrogens with two attached hydrogens (primary N) is 1. The fourth-order valence-electron chi connectivity index (χ4n) is 1.19. The lowest BCUT2D eigenvalue weighted by Crippen LogP contribution is -2.18. The highest BCUT2D eigenvalue weighted by atomic mass is 79.9. The second kappa shape index (κ2) is 6.32. The van der Waals surface area contributed by atoms with E-state index in [4.69, 9.17) is 10.5 Å². The van der Waals surface area contributed by atoms with Crippen molar-refractivity contribution >= 4 is 37.8 Å². The van der Waals surface area contributed by atoms with Gasteiger partial charge < -0.3 is 10.5 Å². The second-order valence-electron chi connectivity index (χ2n) is 3.14. The van der Waals surface area contributed by atoms with E-state index < -0.39 is 6.04 Å². The van der Waals surface area contributed by atoms with Crippen molar-refractivity contribution in [1.29, 1.82) is 0 Å². The first-order valence-electron chi connectivity index (χ1n) is 4.76. The van der Waals surface area contributed by atoms with Crippen molar-refractivity contribution < 1.29 is 9.53 Å². The summed E-state index contributed by atoms with van der Waals surface area (Å²) in [5, 5.41) is 0. The topological polar surface area (TPSA) is 65.2 Å². The number of nitrogens with zero attached hydrogens (tertiary/aromatic N) is 1. The van der Waals surface area contributed by atoms with Gasteiger partial charge in [-0.25, -0.2) is 0 Å². The van der Waals surface area contributed by atoms with Crippen molar-refractivity contribution in [3.63, 3.8) is 0 Å². The summed E-state index contributed by atoms with van der Waals surface area (Å²) in [4.78, 5) is 15.4. The van der Waals surface area contributed by atoms with Gasteiger partial charge in [-0.3, -0.25) is 9.78 Å². The molecule has 0 aromatic carbocycles. The molecule has 1 aromatic rings. The lowest BCUT2D eigenvalue weighted by Gasteiger charge is -2.12. The van der Waals surface area contributed by atoms with Gasteiger partial charge in [-0.05, 0) is 44.8 Å². The Bertz CT molecular complexity index is 385. The Morgan fingerprint density at radius 1 is 1.62 bits per heavy atom. The summed E-state index contributed by atoms with van der Waals surface area (Å²) in [5.74, 6) is -0.313. The summed E-state index contributed by atoms with van der Waals surface area (Å²) in [6, 6.07) is 1.38. The molecule has 0 aliphatic rings. The fourth-order valence-corrected chi connectivity index (χ4v) is 2.48. The Kier molecular flexibility index (Phi) is 5.37. The van der Waals surface area contributed by atoms with Gasteiger partial charge in [-0.15, -0.1) is 0 Å². The second-order valence-corrected chi connectivity index (χ2v) is 4.91. The third kappa shape index (κ3) is 3.84. The number of halogens is 2. The van der Waals surface area contributed by atoms with Crippen LogP contribution in [0.2, 0.25) is 0 Å². The Morgan fingerprint density at radius 2 is 2.31 bits per heavy atom. The number of carbonyl (C=O) groups is 1. The van der Waals surface area contributed by atoms with Gasteiger partial charge in [0.1, 0.15) is 0 Å². The predicted octanol–water partition coefficient (Wildman–Crippen LogP) is 2.56. The number of hydrogen-bond donors (Lipinski definition) is 1. The van der Waals surface area contributed by atoms with Gasteiger partial charge in [0, 0.05) is 15.1 Å². The molecule has 0 amide bonds. The van der Waals surface area contributed by atoms with Crippen molar-refractivity contribution in [3.8, 4) is 0 Å². The minimum absolute atomic E-state index is 0.126. The van der Waals surface area contributed by atoms with Crippen LogP contribution in [0.3, 0.4) is 0 Å². The smallest absolute Gasteiger partial charge is 0.307 e. The van der Waals surface area contributed by atoms with Crippen LogP contribution in [-0.2, 0) is 9.53 Å². The monoisotopic (exact) mass is 350 g/mol. The highest BCUT2D eigenvalue weighted by Gasteiger charge is 2.16. The van der Waals surface area contributed by atoms with Crippen LogP contribution in [0.25, 0.3) is 0 Å². The van der Waals surface area contributed by atoms with Gasteiger partial charge in [0.15, 0.2) is 0 Å². The highest BCUT2D eigenvalue weighted by molar-refractivity contribution is 9.11. The first-order valence-corrected chi connectivity index (χ1v) is 6.35. The van der Waals surface area contributed by atoms with Crippen molar-refractivity contribution in [2.75, 3.05) is 6.61 Å². The molecule has 16 heavy (non-hydrogen) atoms. The molecule has 0 fully saturated rings. The van der Waals surface area contributed by atoms with Crippen molar-refractivity contribution in [2.24, 2.45) is 5.73 Å². The molecule has 0 aliphatic heterocycles. The number of ether oxygens (including phenoxy) is 1. The summed E-state index contributed by atoms with van der Waals surface area (Å²) in [5.41, 5.74) is 6.52. The van der Waals surface area contributed by atoms with E-state index in [2.05, 4.69) is 36.8 Å². The molecule has 0 saturated heterocycles. The lowest BCUT2D eigenvalue weighted by atomic mass is 10.1. The molecule has 0 bridgehead atoms. The maximum atomic E-state index is 11.3.